The second-order valence-electron chi connectivity index (χ2n) is 4.93. The number of carbonyl (C=O) groups excluding carboxylic acids is 1. The lowest BCUT2D eigenvalue weighted by Gasteiger charge is -2.12. The van der Waals surface area contributed by atoms with E-state index in [2.05, 4.69) is 12.6 Å². The fourth-order valence-corrected chi connectivity index (χ4v) is 5.24. The number of thiol groups is 1. The van der Waals surface area contributed by atoms with Crippen molar-refractivity contribution in [2.75, 3.05) is 29.6 Å². The molecule has 0 spiro atoms. The molecule has 25 heavy (non-hydrogen) atoms. The van der Waals surface area contributed by atoms with Gasteiger partial charge in [0, 0.05) is 5.75 Å². The number of esters is 1. The van der Waals surface area contributed by atoms with Crippen molar-refractivity contribution in [3.05, 3.63) is 0 Å². The summed E-state index contributed by atoms with van der Waals surface area (Å²) in [4.78, 5) is 11.6. The van der Waals surface area contributed by atoms with Crippen molar-refractivity contribution in [1.29, 1.82) is 0 Å². The number of carbonyl (C=O) groups is 1. The molecule has 0 heterocycles. The van der Waals surface area contributed by atoms with Crippen LogP contribution in [0.4, 0.5) is 13.2 Å². The van der Waals surface area contributed by atoms with Crippen molar-refractivity contribution >= 4 is 50.4 Å². The van der Waals surface area contributed by atoms with Gasteiger partial charge in [-0.15, -0.1) is 4.13 Å². The Labute approximate surface area is 155 Å². The van der Waals surface area contributed by atoms with Gasteiger partial charge >= 0.3 is 21.5 Å². The van der Waals surface area contributed by atoms with E-state index in [0.29, 0.717) is 9.88 Å². The first-order chi connectivity index (χ1) is 11.3. The van der Waals surface area contributed by atoms with E-state index in [0.717, 1.165) is 17.9 Å². The van der Waals surface area contributed by atoms with E-state index in [1.807, 2.05) is 0 Å². The van der Waals surface area contributed by atoms with E-state index in [9.17, 15) is 34.8 Å². The number of nitrogens with one attached hydrogen (secondary N) is 1. The minimum atomic E-state index is -5.99. The van der Waals surface area contributed by atoms with Crippen LogP contribution in [0.3, 0.4) is 0 Å². The van der Waals surface area contributed by atoms with E-state index in [4.69, 9.17) is 4.74 Å². The molecule has 1 unspecified atom stereocenters. The number of rotatable bonds is 12. The quantitative estimate of drug-likeness (QED) is 0.264. The Balaban J connectivity index is 4.20. The zero-order valence-corrected chi connectivity index (χ0v) is 16.6. The highest BCUT2D eigenvalue weighted by atomic mass is 32.3. The summed E-state index contributed by atoms with van der Waals surface area (Å²) in [6, 6.07) is 0. The minimum Gasteiger partial charge on any atom is -0.465 e. The Bertz CT molecular complexity index is 620. The summed E-state index contributed by atoms with van der Waals surface area (Å²) < 4.78 is 85.9. The lowest BCUT2D eigenvalue weighted by Crippen LogP contribution is -2.41. The highest BCUT2D eigenvalue weighted by Crippen LogP contribution is 2.22. The molecule has 7 nitrogen and oxygen atoms in total. The van der Waals surface area contributed by atoms with Crippen molar-refractivity contribution in [2.24, 2.45) is 5.92 Å². The van der Waals surface area contributed by atoms with Crippen LogP contribution < -0.4 is 4.13 Å². The third kappa shape index (κ3) is 10.5. The van der Waals surface area contributed by atoms with Crippen LogP contribution in [0.5, 0.6) is 0 Å². The van der Waals surface area contributed by atoms with Gasteiger partial charge in [-0.2, -0.15) is 37.6 Å². The Hall–Kier alpha value is -0.180. The normalized spacial score (nSPS) is 14.3. The Kier molecular flexibility index (Phi) is 10.8. The molecule has 14 heteroatoms. The van der Waals surface area contributed by atoms with E-state index >= 15 is 0 Å². The van der Waals surface area contributed by atoms with Crippen LogP contribution in [0.25, 0.3) is 0 Å². The molecular formula is C11H20F3NO6S4. The maximum atomic E-state index is 12.1. The molecule has 0 aromatic carbocycles. The Morgan fingerprint density at radius 1 is 1.24 bits per heavy atom. The average molecular weight is 448 g/mol. The van der Waals surface area contributed by atoms with Gasteiger partial charge in [-0.05, 0) is 24.3 Å². The summed E-state index contributed by atoms with van der Waals surface area (Å²) >= 11 is 5.59. The topological polar surface area (TPSA) is 107 Å². The number of ether oxygens (including phenoxy) is 1. The van der Waals surface area contributed by atoms with Gasteiger partial charge in [-0.25, -0.2) is 16.8 Å². The third-order valence-corrected chi connectivity index (χ3v) is 7.52. The zero-order valence-electron chi connectivity index (χ0n) is 13.3. The number of thioether (sulfide) groups is 1. The first-order valence-electron chi connectivity index (χ1n) is 7.00. The molecule has 0 rings (SSSR count). The maximum absolute atomic E-state index is 12.1. The SMILES string of the molecule is CC(CSCCCS)C(=O)OCCCS(=O)(=O)NS(=O)(=O)C(F)(F)F. The van der Waals surface area contributed by atoms with Gasteiger partial charge in [0.25, 0.3) is 0 Å². The van der Waals surface area contributed by atoms with Crippen LogP contribution in [0, 0.1) is 5.92 Å². The molecular weight excluding hydrogens is 427 g/mol. The molecule has 0 fully saturated rings. The zero-order chi connectivity index (χ0) is 19.7. The summed E-state index contributed by atoms with van der Waals surface area (Å²) in [5.74, 6) is 0.158. The van der Waals surface area contributed by atoms with Crippen LogP contribution in [0.1, 0.15) is 19.8 Å². The van der Waals surface area contributed by atoms with Gasteiger partial charge in [-0.3, -0.25) is 4.79 Å². The molecule has 150 valence electrons. The van der Waals surface area contributed by atoms with E-state index in [-0.39, 0.29) is 13.0 Å². The van der Waals surface area contributed by atoms with Crippen LogP contribution in [-0.4, -0.2) is 57.9 Å². The number of alkyl halides is 3. The molecule has 0 amide bonds. The Morgan fingerprint density at radius 2 is 1.84 bits per heavy atom. The summed E-state index contributed by atoms with van der Waals surface area (Å²) in [5.41, 5.74) is -5.73. The number of hydrogen-bond acceptors (Lipinski definition) is 8. The van der Waals surface area contributed by atoms with Crippen LogP contribution >= 0.6 is 24.4 Å². The Morgan fingerprint density at radius 3 is 2.36 bits per heavy atom. The maximum Gasteiger partial charge on any atom is 0.512 e. The van der Waals surface area contributed by atoms with Crippen molar-refractivity contribution < 1.29 is 39.5 Å². The molecule has 0 saturated heterocycles. The lowest BCUT2D eigenvalue weighted by molar-refractivity contribution is -0.147. The first-order valence-corrected chi connectivity index (χ1v) is 11.9. The van der Waals surface area contributed by atoms with Gasteiger partial charge in [0.2, 0.25) is 10.0 Å². The molecule has 1 N–H and O–H groups in total. The summed E-state index contributed by atoms with van der Waals surface area (Å²) in [6.45, 7) is 1.28. The first kappa shape index (κ1) is 24.8. The van der Waals surface area contributed by atoms with E-state index < -0.39 is 43.2 Å². The van der Waals surface area contributed by atoms with E-state index in [1.165, 1.54) is 11.8 Å². The standard InChI is InChI=1S/C11H20F3NO6S4/c1-9(8-23-6-3-5-22)10(16)21-4-2-7-24(17,18)15-25(19,20)11(12,13)14/h9,15,22H,2-8H2,1H3. The summed E-state index contributed by atoms with van der Waals surface area (Å²) in [6.07, 6.45) is 0.551. The molecule has 1 atom stereocenters. The predicted molar refractivity (Wildman–Crippen MR) is 92.4 cm³/mol. The van der Waals surface area contributed by atoms with Crippen molar-refractivity contribution in [2.45, 2.75) is 25.3 Å². The van der Waals surface area contributed by atoms with Crippen molar-refractivity contribution in [1.82, 2.24) is 4.13 Å². The van der Waals surface area contributed by atoms with Crippen LogP contribution in [0.15, 0.2) is 0 Å². The van der Waals surface area contributed by atoms with Crippen molar-refractivity contribution in [3.8, 4) is 0 Å². The number of halogens is 3. The van der Waals surface area contributed by atoms with Crippen LogP contribution in [0.2, 0.25) is 0 Å². The fourth-order valence-electron chi connectivity index (χ4n) is 1.31. The molecule has 0 aromatic rings. The molecule has 0 aliphatic heterocycles. The highest BCUT2D eigenvalue weighted by molar-refractivity contribution is 8.05. The van der Waals surface area contributed by atoms with Gasteiger partial charge < -0.3 is 4.74 Å². The van der Waals surface area contributed by atoms with Crippen LogP contribution in [-0.2, 0) is 29.6 Å². The molecule has 0 aliphatic carbocycles. The predicted octanol–water partition coefficient (Wildman–Crippen LogP) is 1.38. The van der Waals surface area contributed by atoms with Gasteiger partial charge in [-0.1, -0.05) is 6.92 Å². The molecule has 0 bridgehead atoms. The molecule has 0 aromatic heterocycles. The highest BCUT2D eigenvalue weighted by Gasteiger charge is 2.48. The van der Waals surface area contributed by atoms with Gasteiger partial charge in [0.15, 0.2) is 0 Å². The third-order valence-electron chi connectivity index (χ3n) is 2.56. The molecule has 0 aliphatic rings. The van der Waals surface area contributed by atoms with E-state index in [1.54, 1.807) is 6.92 Å². The molecule has 0 radical (unpaired) electrons. The second-order valence-corrected chi connectivity index (χ2v) is 10.3. The van der Waals surface area contributed by atoms with Gasteiger partial charge in [0.1, 0.15) is 0 Å². The number of hydrogen-bond donors (Lipinski definition) is 2. The smallest absolute Gasteiger partial charge is 0.465 e. The van der Waals surface area contributed by atoms with Crippen molar-refractivity contribution in [3.63, 3.8) is 0 Å². The number of sulfonamides is 2. The fraction of sp³-hybridized carbons (Fsp3) is 0.909. The monoisotopic (exact) mass is 447 g/mol. The average Bonchev–Trinajstić information content (AvgIpc) is 2.45. The summed E-state index contributed by atoms with van der Waals surface area (Å²) in [7, 11) is -10.7. The minimum absolute atomic E-state index is 0.339. The van der Waals surface area contributed by atoms with Gasteiger partial charge in [0.05, 0.1) is 18.3 Å². The summed E-state index contributed by atoms with van der Waals surface area (Å²) in [5, 5.41) is 0. The molecule has 0 saturated carbocycles. The lowest BCUT2D eigenvalue weighted by atomic mass is 10.2. The second kappa shape index (κ2) is 10.8. The largest absolute Gasteiger partial charge is 0.512 e.